The number of carboxylic acids is 1. The van der Waals surface area contributed by atoms with Crippen LogP contribution in [0, 0.1) is 11.8 Å². The second-order valence-electron chi connectivity index (χ2n) is 8.37. The number of ether oxygens (including phenoxy) is 4. The molecule has 0 saturated carbocycles. The van der Waals surface area contributed by atoms with Gasteiger partial charge in [-0.05, 0) is 6.42 Å². The van der Waals surface area contributed by atoms with Crippen LogP contribution in [0.4, 0.5) is 0 Å². The molecule has 0 spiro atoms. The Labute approximate surface area is 196 Å². The van der Waals surface area contributed by atoms with Crippen molar-refractivity contribution in [2.75, 3.05) is 33.5 Å². The normalized spacial score (nSPS) is 38.4. The summed E-state index contributed by atoms with van der Waals surface area (Å²) in [4.78, 5) is 28.0. The first kappa shape index (κ1) is 28.8. The predicted molar refractivity (Wildman–Crippen MR) is 105 cm³/mol. The average molecular weight is 495 g/mol. The summed E-state index contributed by atoms with van der Waals surface area (Å²) in [6, 6.07) is -0.788. The number of rotatable bonds is 12. The minimum atomic E-state index is -1.52. The summed E-state index contributed by atoms with van der Waals surface area (Å²) in [7, 11) is 1.42. The molecule has 2 aliphatic heterocycles. The first-order valence-corrected chi connectivity index (χ1v) is 11.0. The summed E-state index contributed by atoms with van der Waals surface area (Å²) >= 11 is 0. The van der Waals surface area contributed by atoms with E-state index in [1.54, 1.807) is 6.92 Å². The maximum Gasteiger partial charge on any atom is 0.217 e. The standard InChI is InChI=1S/C20H35NO13/c1-4-10-16(24)17(25)14(32-19(10)20(26)27)8-30-6-11-15(21-9(2)23)13(7-29-3)31-12(5-22)18(11)33-34-28/h10-19,22,24-25,28H,4-8H2,1-3H3,(H,21,23)(H,26,27)/p-2/t10-,11-,12?,13-,14-,15?,16+,17?,18+,19?/m0/s1. The number of hydrogen-bond donors (Lipinski definition) is 4. The fourth-order valence-electron chi connectivity index (χ4n) is 4.57. The predicted octanol–water partition coefficient (Wildman–Crippen LogP) is -4.61. The Kier molecular flexibility index (Phi) is 11.5. The number of aliphatic carboxylic acids is 1. The highest BCUT2D eigenvalue weighted by molar-refractivity contribution is 5.73. The van der Waals surface area contributed by atoms with Gasteiger partial charge in [-0.3, -0.25) is 9.83 Å². The quantitative estimate of drug-likeness (QED) is 0.149. The zero-order chi connectivity index (χ0) is 25.4. The van der Waals surface area contributed by atoms with Crippen molar-refractivity contribution in [2.24, 2.45) is 11.8 Å². The summed E-state index contributed by atoms with van der Waals surface area (Å²) in [6.07, 6.45) is -8.11. The number of amides is 1. The lowest BCUT2D eigenvalue weighted by atomic mass is 9.84. The molecule has 2 aliphatic rings. The lowest BCUT2D eigenvalue weighted by molar-refractivity contribution is -0.807. The van der Waals surface area contributed by atoms with Gasteiger partial charge in [-0.25, -0.2) is 4.89 Å². The van der Waals surface area contributed by atoms with Crippen molar-refractivity contribution in [3.63, 3.8) is 0 Å². The van der Waals surface area contributed by atoms with Crippen LogP contribution >= 0.6 is 0 Å². The minimum absolute atomic E-state index is 0.0330. The van der Waals surface area contributed by atoms with Crippen LogP contribution in [0.5, 0.6) is 0 Å². The van der Waals surface area contributed by atoms with Crippen LogP contribution < -0.4 is 15.7 Å². The third-order valence-corrected chi connectivity index (χ3v) is 6.21. The van der Waals surface area contributed by atoms with Crippen LogP contribution in [0.1, 0.15) is 20.3 Å². The summed E-state index contributed by atoms with van der Waals surface area (Å²) in [6.45, 7) is 1.86. The highest BCUT2D eigenvalue weighted by atomic mass is 17.5. The SMILES string of the molecule is CC[C@@H]1C(C(=O)[O-])O[C@@H](COC[C@H]2C(NC(C)=O)[C@H](COC)OC(CO)[C@@H]2OO[O-])C(O)[C@@H]1O. The maximum atomic E-state index is 11.8. The summed E-state index contributed by atoms with van der Waals surface area (Å²) in [5.41, 5.74) is 0. The van der Waals surface area contributed by atoms with Crippen LogP contribution in [0.25, 0.3) is 0 Å². The van der Waals surface area contributed by atoms with Gasteiger partial charge in [0.05, 0.1) is 44.5 Å². The number of nitrogens with one attached hydrogen (secondary N) is 1. The van der Waals surface area contributed by atoms with E-state index in [2.05, 4.69) is 10.4 Å². The van der Waals surface area contributed by atoms with E-state index in [9.17, 15) is 35.3 Å². The van der Waals surface area contributed by atoms with Gasteiger partial charge in [-0.15, -0.1) is 0 Å². The summed E-state index contributed by atoms with van der Waals surface area (Å²) in [5.74, 6) is -3.59. The molecule has 0 aliphatic carbocycles. The van der Waals surface area contributed by atoms with Crippen molar-refractivity contribution in [1.29, 1.82) is 0 Å². The first-order chi connectivity index (χ1) is 16.2. The van der Waals surface area contributed by atoms with E-state index >= 15 is 0 Å². The summed E-state index contributed by atoms with van der Waals surface area (Å²) < 4.78 is 21.9. The smallest absolute Gasteiger partial charge is 0.217 e. The number of aliphatic hydroxyl groups is 3. The van der Waals surface area contributed by atoms with Crippen molar-refractivity contribution in [3.05, 3.63) is 0 Å². The molecule has 4 N–H and O–H groups in total. The Morgan fingerprint density at radius 3 is 2.26 bits per heavy atom. The van der Waals surface area contributed by atoms with Gasteiger partial charge in [-0.2, -0.15) is 0 Å². The number of aliphatic hydroxyl groups excluding tert-OH is 3. The largest absolute Gasteiger partial charge is 0.692 e. The number of carbonyl (C=O) groups is 2. The van der Waals surface area contributed by atoms with Gasteiger partial charge in [0.25, 0.3) is 0 Å². The van der Waals surface area contributed by atoms with Crippen LogP contribution in [-0.4, -0.2) is 110 Å². The van der Waals surface area contributed by atoms with Gasteiger partial charge in [0.2, 0.25) is 5.91 Å². The summed E-state index contributed by atoms with van der Waals surface area (Å²) in [5, 5.41) is 58.9. The van der Waals surface area contributed by atoms with Crippen molar-refractivity contribution >= 4 is 11.9 Å². The molecule has 10 atom stereocenters. The average Bonchev–Trinajstić information content (AvgIpc) is 2.79. The molecule has 198 valence electrons. The van der Waals surface area contributed by atoms with E-state index < -0.39 is 79.1 Å². The number of carbonyl (C=O) groups excluding carboxylic acids is 2. The molecule has 0 bridgehead atoms. The molecule has 14 heteroatoms. The van der Waals surface area contributed by atoms with E-state index in [4.69, 9.17) is 23.8 Å². The topological polar surface area (TPSA) is 208 Å². The Balaban J connectivity index is 2.17. The van der Waals surface area contributed by atoms with Crippen LogP contribution in [0.15, 0.2) is 0 Å². The van der Waals surface area contributed by atoms with Gasteiger partial charge in [0.15, 0.2) is 0 Å². The number of carboxylic acid groups (broad SMARTS) is 1. The fraction of sp³-hybridized carbons (Fsp3) is 0.900. The third kappa shape index (κ3) is 6.81. The Morgan fingerprint density at radius 1 is 1.03 bits per heavy atom. The Morgan fingerprint density at radius 2 is 1.74 bits per heavy atom. The minimum Gasteiger partial charge on any atom is -0.692 e. The molecule has 2 fully saturated rings. The molecule has 2 saturated heterocycles. The number of hydrogen-bond acceptors (Lipinski definition) is 13. The molecule has 0 aromatic heterocycles. The molecular formula is C20H33NO13-2. The monoisotopic (exact) mass is 495 g/mol. The second kappa shape index (κ2) is 13.6. The molecule has 34 heavy (non-hydrogen) atoms. The van der Waals surface area contributed by atoms with Crippen molar-refractivity contribution in [3.8, 4) is 0 Å². The van der Waals surface area contributed by atoms with Crippen LogP contribution in [0.3, 0.4) is 0 Å². The van der Waals surface area contributed by atoms with Crippen LogP contribution in [0.2, 0.25) is 0 Å². The lowest BCUT2D eigenvalue weighted by Crippen LogP contribution is -2.64. The van der Waals surface area contributed by atoms with Crippen molar-refractivity contribution in [1.82, 2.24) is 5.32 Å². The molecule has 1 amide bonds. The molecular weight excluding hydrogens is 462 g/mol. The van der Waals surface area contributed by atoms with E-state index in [-0.39, 0.29) is 26.2 Å². The van der Waals surface area contributed by atoms with E-state index in [1.807, 2.05) is 0 Å². The zero-order valence-electron chi connectivity index (χ0n) is 19.2. The number of methoxy groups -OCH3 is 1. The van der Waals surface area contributed by atoms with Gasteiger partial charge in [-0.1, -0.05) is 6.92 Å². The highest BCUT2D eigenvalue weighted by Crippen LogP contribution is 2.31. The second-order valence-corrected chi connectivity index (χ2v) is 8.37. The van der Waals surface area contributed by atoms with Gasteiger partial charge in [0, 0.05) is 25.9 Å². The zero-order valence-corrected chi connectivity index (χ0v) is 19.2. The molecule has 0 aromatic rings. The Bertz CT molecular complexity index is 652. The molecule has 0 radical (unpaired) electrons. The van der Waals surface area contributed by atoms with Gasteiger partial charge < -0.3 is 54.7 Å². The molecule has 14 nitrogen and oxygen atoms in total. The van der Waals surface area contributed by atoms with Gasteiger partial charge in [0.1, 0.15) is 36.6 Å². The van der Waals surface area contributed by atoms with Crippen molar-refractivity contribution < 1.29 is 64.1 Å². The third-order valence-electron chi connectivity index (χ3n) is 6.21. The maximum absolute atomic E-state index is 11.8. The highest BCUT2D eigenvalue weighted by Gasteiger charge is 2.48. The first-order valence-electron chi connectivity index (χ1n) is 11.0. The molecule has 2 heterocycles. The van der Waals surface area contributed by atoms with Gasteiger partial charge >= 0.3 is 0 Å². The van der Waals surface area contributed by atoms with E-state index in [0.717, 1.165) is 0 Å². The van der Waals surface area contributed by atoms with E-state index in [1.165, 1.54) is 14.0 Å². The lowest BCUT2D eigenvalue weighted by Gasteiger charge is -2.46. The van der Waals surface area contributed by atoms with Crippen molar-refractivity contribution in [2.45, 2.75) is 69.0 Å². The molecule has 4 unspecified atom stereocenters. The van der Waals surface area contributed by atoms with Crippen LogP contribution in [-0.2, 0) is 38.5 Å². The molecule has 0 aromatic carbocycles. The molecule has 2 rings (SSSR count). The fourth-order valence-corrected chi connectivity index (χ4v) is 4.57. The van der Waals surface area contributed by atoms with E-state index in [0.29, 0.717) is 0 Å². The Hall–Kier alpha value is -1.46.